The molecule has 0 saturated carbocycles. The van der Waals surface area contributed by atoms with Crippen molar-refractivity contribution in [3.8, 4) is 0 Å². The zero-order valence-electron chi connectivity index (χ0n) is 9.28. The van der Waals surface area contributed by atoms with Gasteiger partial charge in [-0.3, -0.25) is 0 Å². The highest BCUT2D eigenvalue weighted by atomic mass is 32.2. The monoisotopic (exact) mass is 221 g/mol. The minimum atomic E-state index is 0.661. The zero-order chi connectivity index (χ0) is 10.7. The summed E-state index contributed by atoms with van der Waals surface area (Å²) in [5.74, 6) is 4.18. The molecule has 0 bridgehead atoms. The molecule has 2 rings (SSSR count). The van der Waals surface area contributed by atoms with E-state index in [0.717, 1.165) is 11.6 Å². The molecule has 0 aromatic heterocycles. The van der Waals surface area contributed by atoms with E-state index in [0.29, 0.717) is 5.92 Å². The Kier molecular flexibility index (Phi) is 3.57. The average Bonchev–Trinajstić information content (AvgIpc) is 2.29. The van der Waals surface area contributed by atoms with Gasteiger partial charge in [-0.2, -0.15) is 11.8 Å². The standard InChI is InChI=1S/C13H19NS/c1-10(11-5-7-15-8-6-11)12-3-2-4-13(14)9-12/h2-4,9-11H,5-8,14H2,1H3. The lowest BCUT2D eigenvalue weighted by Crippen LogP contribution is -2.16. The van der Waals surface area contributed by atoms with Crippen LogP contribution in [0.25, 0.3) is 0 Å². The molecule has 1 saturated heterocycles. The quantitative estimate of drug-likeness (QED) is 0.773. The second-order valence-corrected chi connectivity index (χ2v) is 5.63. The van der Waals surface area contributed by atoms with E-state index in [1.165, 1.54) is 29.9 Å². The molecule has 0 radical (unpaired) electrons. The van der Waals surface area contributed by atoms with E-state index in [9.17, 15) is 0 Å². The molecule has 1 aromatic carbocycles. The minimum Gasteiger partial charge on any atom is -0.399 e. The molecule has 1 nitrogen and oxygen atoms in total. The van der Waals surface area contributed by atoms with Gasteiger partial charge in [0, 0.05) is 5.69 Å². The summed E-state index contributed by atoms with van der Waals surface area (Å²) in [7, 11) is 0. The second-order valence-electron chi connectivity index (χ2n) is 4.41. The molecule has 2 N–H and O–H groups in total. The summed E-state index contributed by atoms with van der Waals surface area (Å²) in [6, 6.07) is 8.38. The maximum Gasteiger partial charge on any atom is 0.0316 e. The van der Waals surface area contributed by atoms with E-state index >= 15 is 0 Å². The molecule has 1 aliphatic heterocycles. The summed E-state index contributed by atoms with van der Waals surface area (Å²) in [4.78, 5) is 0. The van der Waals surface area contributed by atoms with Gasteiger partial charge in [0.1, 0.15) is 0 Å². The van der Waals surface area contributed by atoms with Crippen LogP contribution in [-0.2, 0) is 0 Å². The number of thioether (sulfide) groups is 1. The first kappa shape index (κ1) is 10.9. The summed E-state index contributed by atoms with van der Waals surface area (Å²) in [6.07, 6.45) is 2.72. The predicted molar refractivity (Wildman–Crippen MR) is 69.3 cm³/mol. The van der Waals surface area contributed by atoms with Crippen molar-refractivity contribution in [1.82, 2.24) is 0 Å². The first-order chi connectivity index (χ1) is 7.27. The Bertz CT molecular complexity index is 318. The molecule has 0 aliphatic carbocycles. The van der Waals surface area contributed by atoms with Crippen LogP contribution >= 0.6 is 11.8 Å². The van der Waals surface area contributed by atoms with Crippen molar-refractivity contribution in [2.45, 2.75) is 25.7 Å². The Hall–Kier alpha value is -0.630. The first-order valence-corrected chi connectivity index (χ1v) is 6.86. The Morgan fingerprint density at radius 2 is 2.07 bits per heavy atom. The van der Waals surface area contributed by atoms with E-state index in [1.807, 2.05) is 6.07 Å². The highest BCUT2D eigenvalue weighted by Crippen LogP contribution is 2.35. The normalized spacial score (nSPS) is 20.1. The van der Waals surface area contributed by atoms with Gasteiger partial charge in [-0.1, -0.05) is 19.1 Å². The van der Waals surface area contributed by atoms with E-state index < -0.39 is 0 Å². The lowest BCUT2D eigenvalue weighted by Gasteiger charge is -2.27. The maximum atomic E-state index is 5.82. The van der Waals surface area contributed by atoms with Gasteiger partial charge in [-0.15, -0.1) is 0 Å². The molecule has 0 amide bonds. The SMILES string of the molecule is CC(c1cccc(N)c1)C1CCSCC1. The van der Waals surface area contributed by atoms with Crippen LogP contribution in [0.2, 0.25) is 0 Å². The van der Waals surface area contributed by atoms with Crippen LogP contribution < -0.4 is 5.73 Å². The fourth-order valence-corrected chi connectivity index (χ4v) is 3.47. The van der Waals surface area contributed by atoms with Gasteiger partial charge < -0.3 is 5.73 Å². The topological polar surface area (TPSA) is 26.0 Å². The fourth-order valence-electron chi connectivity index (χ4n) is 2.33. The molecule has 1 aliphatic rings. The van der Waals surface area contributed by atoms with Crippen LogP contribution in [0.1, 0.15) is 31.2 Å². The van der Waals surface area contributed by atoms with Crippen LogP contribution in [0.15, 0.2) is 24.3 Å². The van der Waals surface area contributed by atoms with Crippen molar-refractivity contribution >= 4 is 17.4 Å². The van der Waals surface area contributed by atoms with Crippen molar-refractivity contribution in [2.75, 3.05) is 17.2 Å². The van der Waals surface area contributed by atoms with Gasteiger partial charge in [0.2, 0.25) is 0 Å². The molecule has 1 heterocycles. The minimum absolute atomic E-state index is 0.661. The van der Waals surface area contributed by atoms with Crippen LogP contribution in [0, 0.1) is 5.92 Å². The summed E-state index contributed by atoms with van der Waals surface area (Å²) in [5, 5.41) is 0. The lowest BCUT2D eigenvalue weighted by atomic mass is 9.84. The average molecular weight is 221 g/mol. The van der Waals surface area contributed by atoms with Crippen molar-refractivity contribution in [2.24, 2.45) is 5.92 Å². The number of nitrogens with two attached hydrogens (primary N) is 1. The molecule has 1 fully saturated rings. The maximum absolute atomic E-state index is 5.82. The van der Waals surface area contributed by atoms with Gasteiger partial charge in [0.05, 0.1) is 0 Å². The van der Waals surface area contributed by atoms with Gasteiger partial charge >= 0.3 is 0 Å². The summed E-state index contributed by atoms with van der Waals surface area (Å²) in [6.45, 7) is 2.34. The molecule has 1 atom stereocenters. The van der Waals surface area contributed by atoms with Gasteiger partial charge in [-0.05, 0) is 53.9 Å². The molecule has 2 heteroatoms. The third kappa shape index (κ3) is 2.69. The third-order valence-corrected chi connectivity index (χ3v) is 4.46. The van der Waals surface area contributed by atoms with Crippen LogP contribution in [0.4, 0.5) is 5.69 Å². The Morgan fingerprint density at radius 3 is 2.73 bits per heavy atom. The summed E-state index contributed by atoms with van der Waals surface area (Å²) >= 11 is 2.09. The number of nitrogen functional groups attached to an aromatic ring is 1. The van der Waals surface area contributed by atoms with E-state index in [-0.39, 0.29) is 0 Å². The molecular weight excluding hydrogens is 202 g/mol. The largest absolute Gasteiger partial charge is 0.399 e. The van der Waals surface area contributed by atoms with Crippen LogP contribution in [0.3, 0.4) is 0 Å². The highest BCUT2D eigenvalue weighted by Gasteiger charge is 2.21. The van der Waals surface area contributed by atoms with Crippen LogP contribution in [0.5, 0.6) is 0 Å². The number of hydrogen-bond donors (Lipinski definition) is 1. The van der Waals surface area contributed by atoms with Crippen molar-refractivity contribution in [3.63, 3.8) is 0 Å². The van der Waals surface area contributed by atoms with Gasteiger partial charge in [0.15, 0.2) is 0 Å². The molecule has 82 valence electrons. The van der Waals surface area contributed by atoms with Crippen molar-refractivity contribution in [1.29, 1.82) is 0 Å². The van der Waals surface area contributed by atoms with E-state index in [4.69, 9.17) is 5.73 Å². The third-order valence-electron chi connectivity index (χ3n) is 3.41. The Morgan fingerprint density at radius 1 is 1.33 bits per heavy atom. The predicted octanol–water partition coefficient (Wildman–Crippen LogP) is 3.52. The Labute approximate surface area is 96.4 Å². The smallest absolute Gasteiger partial charge is 0.0316 e. The van der Waals surface area contributed by atoms with Gasteiger partial charge in [0.25, 0.3) is 0 Å². The van der Waals surface area contributed by atoms with Gasteiger partial charge in [-0.25, -0.2) is 0 Å². The Balaban J connectivity index is 2.08. The second kappa shape index (κ2) is 4.93. The van der Waals surface area contributed by atoms with Crippen molar-refractivity contribution in [3.05, 3.63) is 29.8 Å². The van der Waals surface area contributed by atoms with Crippen molar-refractivity contribution < 1.29 is 0 Å². The molecule has 15 heavy (non-hydrogen) atoms. The summed E-state index contributed by atoms with van der Waals surface area (Å²) in [5.41, 5.74) is 8.12. The van der Waals surface area contributed by atoms with E-state index in [1.54, 1.807) is 0 Å². The number of anilines is 1. The molecular formula is C13H19NS. The van der Waals surface area contributed by atoms with E-state index in [2.05, 4.69) is 36.9 Å². The number of hydrogen-bond acceptors (Lipinski definition) is 2. The number of rotatable bonds is 2. The molecule has 1 unspecified atom stereocenters. The zero-order valence-corrected chi connectivity index (χ0v) is 10.1. The highest BCUT2D eigenvalue weighted by molar-refractivity contribution is 7.99. The molecule has 1 aromatic rings. The molecule has 0 spiro atoms. The fraction of sp³-hybridized carbons (Fsp3) is 0.538. The summed E-state index contributed by atoms with van der Waals surface area (Å²) < 4.78 is 0. The number of benzene rings is 1. The lowest BCUT2D eigenvalue weighted by molar-refractivity contribution is 0.417. The first-order valence-electron chi connectivity index (χ1n) is 5.70. The van der Waals surface area contributed by atoms with Crippen LogP contribution in [-0.4, -0.2) is 11.5 Å².